The lowest BCUT2D eigenvalue weighted by Crippen LogP contribution is -2.14. The van der Waals surface area contributed by atoms with Crippen molar-refractivity contribution in [3.8, 4) is 11.5 Å². The minimum atomic E-state index is -0.456. The van der Waals surface area contributed by atoms with Crippen molar-refractivity contribution in [1.82, 2.24) is 0 Å². The van der Waals surface area contributed by atoms with Crippen LogP contribution in [-0.4, -0.2) is 11.9 Å². The van der Waals surface area contributed by atoms with Gasteiger partial charge in [0, 0.05) is 0 Å². The maximum absolute atomic E-state index is 13.0. The Morgan fingerprint density at radius 2 is 1.03 bits per heavy atom. The van der Waals surface area contributed by atoms with Crippen molar-refractivity contribution in [2.75, 3.05) is 0 Å². The van der Waals surface area contributed by atoms with Gasteiger partial charge in [0.1, 0.15) is 0 Å². The van der Waals surface area contributed by atoms with E-state index in [9.17, 15) is 9.59 Å². The molecule has 1 saturated carbocycles. The minimum Gasteiger partial charge on any atom is -0.419 e. The summed E-state index contributed by atoms with van der Waals surface area (Å²) in [7, 11) is 0. The Morgan fingerprint density at radius 1 is 0.657 bits per heavy atom. The number of hydrogen-bond donors (Lipinski definition) is 0. The fourth-order valence-corrected chi connectivity index (χ4v) is 5.33. The Labute approximate surface area is 207 Å². The molecule has 3 aromatic carbocycles. The third kappa shape index (κ3) is 4.62. The second kappa shape index (κ2) is 9.33. The van der Waals surface area contributed by atoms with Crippen molar-refractivity contribution < 1.29 is 19.1 Å². The molecular formula is C31H32O4. The summed E-state index contributed by atoms with van der Waals surface area (Å²) < 4.78 is 11.7. The number of ether oxygens (including phenoxy) is 2. The van der Waals surface area contributed by atoms with E-state index in [0.29, 0.717) is 46.3 Å². The zero-order valence-electron chi connectivity index (χ0n) is 20.8. The lowest BCUT2D eigenvalue weighted by Gasteiger charge is -2.19. The number of rotatable bonds is 6. The van der Waals surface area contributed by atoms with Gasteiger partial charge in [-0.2, -0.15) is 0 Å². The van der Waals surface area contributed by atoms with Crippen LogP contribution in [0.4, 0.5) is 0 Å². The smallest absolute Gasteiger partial charge is 0.343 e. The molecule has 5 rings (SSSR count). The molecule has 0 heterocycles. The molecule has 0 saturated heterocycles. The molecule has 0 aromatic heterocycles. The van der Waals surface area contributed by atoms with Crippen LogP contribution in [0.2, 0.25) is 0 Å². The molecule has 2 atom stereocenters. The second-order valence-electron chi connectivity index (χ2n) is 10.5. The second-order valence-corrected chi connectivity index (χ2v) is 10.5. The highest BCUT2D eigenvalue weighted by Gasteiger charge is 2.38. The Balaban J connectivity index is 1.43. The first-order valence-corrected chi connectivity index (χ1v) is 12.6. The lowest BCUT2D eigenvalue weighted by molar-refractivity contribution is 0.0682. The molecule has 4 nitrogen and oxygen atoms in total. The number of esters is 2. The highest BCUT2D eigenvalue weighted by Crippen LogP contribution is 2.55. The molecule has 1 fully saturated rings. The standard InChI is InChI=1S/C31H32O4/c1-18(2)20-5-9-22(10-6-20)30(32)34-28-16-26-24-13-14-25(15-24)27(26)17-29(28)35-31(33)23-11-7-21(8-12-23)19(3)4/h5-12,16-19,24-25H,13-15H2,1-4H3. The van der Waals surface area contributed by atoms with Gasteiger partial charge in [0.05, 0.1) is 11.1 Å². The summed E-state index contributed by atoms with van der Waals surface area (Å²) in [5.41, 5.74) is 5.71. The minimum absolute atomic E-state index is 0.307. The zero-order valence-corrected chi connectivity index (χ0v) is 20.8. The normalized spacial score (nSPS) is 18.1. The fraction of sp³-hybridized carbons (Fsp3) is 0.355. The maximum Gasteiger partial charge on any atom is 0.343 e. The largest absolute Gasteiger partial charge is 0.419 e. The molecule has 0 aliphatic heterocycles. The van der Waals surface area contributed by atoms with Crippen molar-refractivity contribution in [1.29, 1.82) is 0 Å². The zero-order chi connectivity index (χ0) is 24.7. The van der Waals surface area contributed by atoms with Gasteiger partial charge < -0.3 is 9.47 Å². The van der Waals surface area contributed by atoms with Crippen LogP contribution in [0.5, 0.6) is 11.5 Å². The monoisotopic (exact) mass is 468 g/mol. The Morgan fingerprint density at radius 3 is 1.37 bits per heavy atom. The summed E-state index contributed by atoms with van der Waals surface area (Å²) in [5, 5.41) is 0. The average Bonchev–Trinajstić information content (AvgIpc) is 3.47. The fourth-order valence-electron chi connectivity index (χ4n) is 5.33. The van der Waals surface area contributed by atoms with Crippen LogP contribution in [-0.2, 0) is 0 Å². The number of carbonyl (C=O) groups is 2. The molecule has 4 heteroatoms. The van der Waals surface area contributed by atoms with Gasteiger partial charge in [0.15, 0.2) is 11.5 Å². The topological polar surface area (TPSA) is 52.6 Å². The lowest BCUT2D eigenvalue weighted by atomic mass is 9.91. The van der Waals surface area contributed by atoms with E-state index in [2.05, 4.69) is 27.7 Å². The molecule has 0 N–H and O–H groups in total. The molecule has 0 amide bonds. The van der Waals surface area contributed by atoms with Gasteiger partial charge in [-0.25, -0.2) is 9.59 Å². The molecule has 35 heavy (non-hydrogen) atoms. The van der Waals surface area contributed by atoms with Crippen LogP contribution >= 0.6 is 0 Å². The molecule has 2 aliphatic rings. The van der Waals surface area contributed by atoms with E-state index in [4.69, 9.17) is 9.47 Å². The van der Waals surface area contributed by atoms with Crippen LogP contribution in [0, 0.1) is 0 Å². The molecule has 2 bridgehead atoms. The average molecular weight is 469 g/mol. The van der Waals surface area contributed by atoms with Crippen molar-refractivity contribution in [3.05, 3.63) is 94.0 Å². The van der Waals surface area contributed by atoms with E-state index in [1.807, 2.05) is 36.4 Å². The van der Waals surface area contributed by atoms with Crippen LogP contribution < -0.4 is 9.47 Å². The molecule has 0 spiro atoms. The number of carbonyl (C=O) groups excluding carboxylic acids is 2. The first-order chi connectivity index (χ1) is 16.8. The van der Waals surface area contributed by atoms with Crippen molar-refractivity contribution in [2.45, 2.75) is 70.6 Å². The van der Waals surface area contributed by atoms with Gasteiger partial charge >= 0.3 is 11.9 Å². The summed E-state index contributed by atoms with van der Waals surface area (Å²) in [6, 6.07) is 18.8. The summed E-state index contributed by atoms with van der Waals surface area (Å²) >= 11 is 0. The van der Waals surface area contributed by atoms with E-state index in [1.165, 1.54) is 11.1 Å². The number of benzene rings is 3. The van der Waals surface area contributed by atoms with Gasteiger partial charge in [-0.05, 0) is 102 Å². The highest BCUT2D eigenvalue weighted by molar-refractivity contribution is 5.93. The summed E-state index contributed by atoms with van der Waals surface area (Å²) in [5.74, 6) is 1.45. The molecule has 180 valence electrons. The summed E-state index contributed by atoms with van der Waals surface area (Å²) in [6.45, 7) is 8.45. The van der Waals surface area contributed by atoms with E-state index in [0.717, 1.165) is 30.4 Å². The van der Waals surface area contributed by atoms with Crippen LogP contribution in [0.3, 0.4) is 0 Å². The van der Waals surface area contributed by atoms with Gasteiger partial charge in [0.25, 0.3) is 0 Å². The first kappa shape index (κ1) is 23.3. The Hall–Kier alpha value is -3.40. The van der Waals surface area contributed by atoms with E-state index < -0.39 is 11.9 Å². The van der Waals surface area contributed by atoms with Gasteiger partial charge in [-0.3, -0.25) is 0 Å². The maximum atomic E-state index is 13.0. The number of hydrogen-bond acceptors (Lipinski definition) is 4. The molecular weight excluding hydrogens is 436 g/mol. The third-order valence-electron chi connectivity index (χ3n) is 7.49. The van der Waals surface area contributed by atoms with Gasteiger partial charge in [-0.1, -0.05) is 52.0 Å². The summed E-state index contributed by atoms with van der Waals surface area (Å²) in [6.07, 6.45) is 3.43. The van der Waals surface area contributed by atoms with Crippen molar-refractivity contribution in [2.24, 2.45) is 0 Å². The van der Waals surface area contributed by atoms with E-state index in [-0.39, 0.29) is 0 Å². The predicted octanol–water partition coefficient (Wildman–Crippen LogP) is 7.74. The Bertz CT molecular complexity index is 1150. The summed E-state index contributed by atoms with van der Waals surface area (Å²) in [4.78, 5) is 26.0. The number of fused-ring (bicyclic) bond motifs is 5. The SMILES string of the molecule is CC(C)c1ccc(C(=O)Oc2cc3c(cc2OC(=O)c2ccc(C(C)C)cc2)C2CCC3C2)cc1. The van der Waals surface area contributed by atoms with E-state index >= 15 is 0 Å². The highest BCUT2D eigenvalue weighted by atomic mass is 16.6. The molecule has 2 aliphatic carbocycles. The van der Waals surface area contributed by atoms with Crippen LogP contribution in [0.15, 0.2) is 60.7 Å². The van der Waals surface area contributed by atoms with Crippen LogP contribution in [0.1, 0.15) is 114 Å². The predicted molar refractivity (Wildman–Crippen MR) is 137 cm³/mol. The molecule has 2 unspecified atom stereocenters. The van der Waals surface area contributed by atoms with Gasteiger partial charge in [0.2, 0.25) is 0 Å². The van der Waals surface area contributed by atoms with Crippen molar-refractivity contribution in [3.63, 3.8) is 0 Å². The molecule has 3 aromatic rings. The van der Waals surface area contributed by atoms with Crippen molar-refractivity contribution >= 4 is 11.9 Å². The quantitative estimate of drug-likeness (QED) is 0.274. The van der Waals surface area contributed by atoms with Crippen LogP contribution in [0.25, 0.3) is 0 Å². The first-order valence-electron chi connectivity index (χ1n) is 12.6. The van der Waals surface area contributed by atoms with Gasteiger partial charge in [-0.15, -0.1) is 0 Å². The Kier molecular flexibility index (Phi) is 6.22. The molecule has 0 radical (unpaired) electrons. The van der Waals surface area contributed by atoms with E-state index in [1.54, 1.807) is 24.3 Å². The third-order valence-corrected chi connectivity index (χ3v) is 7.49.